The molecule has 8 nitrogen and oxygen atoms in total. The van der Waals surface area contributed by atoms with Crippen molar-refractivity contribution in [3.63, 3.8) is 0 Å². The maximum Gasteiger partial charge on any atom is 0.416 e. The third kappa shape index (κ3) is 5.77. The smallest absolute Gasteiger partial charge is 0.288 e. The number of halogens is 7. The lowest BCUT2D eigenvalue weighted by atomic mass is 9.99. The van der Waals surface area contributed by atoms with Crippen LogP contribution in [-0.2, 0) is 18.9 Å². The van der Waals surface area contributed by atoms with E-state index in [1.165, 1.54) is 43.1 Å². The molecule has 0 amide bonds. The summed E-state index contributed by atoms with van der Waals surface area (Å²) in [6, 6.07) is 8.88. The number of alkyl halides is 6. The van der Waals surface area contributed by atoms with E-state index in [1.807, 2.05) is 0 Å². The number of nitrogens with zero attached hydrogens (tertiary/aromatic N) is 7. The molecule has 41 heavy (non-hydrogen) atoms. The van der Waals surface area contributed by atoms with E-state index in [9.17, 15) is 31.1 Å². The molecule has 3 heterocycles. The number of carbonyl (C=O) groups is 1. The van der Waals surface area contributed by atoms with Gasteiger partial charge in [0.05, 0.1) is 34.5 Å². The van der Waals surface area contributed by atoms with Crippen LogP contribution in [-0.4, -0.2) is 40.9 Å². The van der Waals surface area contributed by atoms with Crippen LogP contribution in [0.2, 0.25) is 5.02 Å². The first kappa shape index (κ1) is 27.8. The van der Waals surface area contributed by atoms with Crippen molar-refractivity contribution in [1.82, 2.24) is 35.2 Å². The Labute approximate surface area is 231 Å². The Morgan fingerprint density at radius 3 is 2.12 bits per heavy atom. The topological polar surface area (TPSA) is 99.3 Å². The number of hydrogen-bond acceptors (Lipinski definition) is 7. The third-order valence-corrected chi connectivity index (χ3v) is 6.19. The minimum absolute atomic E-state index is 0.0247. The first-order valence-corrected chi connectivity index (χ1v) is 11.9. The van der Waals surface area contributed by atoms with Crippen molar-refractivity contribution >= 4 is 17.4 Å². The molecule has 3 aromatic heterocycles. The van der Waals surface area contributed by atoms with Crippen molar-refractivity contribution in [2.24, 2.45) is 0 Å². The second-order valence-corrected chi connectivity index (χ2v) is 9.00. The Kier molecular flexibility index (Phi) is 7.26. The molecule has 0 unspecified atom stereocenters. The van der Waals surface area contributed by atoms with Crippen LogP contribution in [0.25, 0.3) is 22.6 Å². The van der Waals surface area contributed by atoms with Crippen LogP contribution < -0.4 is 0 Å². The molecule has 208 valence electrons. The summed E-state index contributed by atoms with van der Waals surface area (Å²) in [5.41, 5.74) is -2.90. The lowest BCUT2D eigenvalue weighted by Gasteiger charge is -2.15. The molecule has 0 N–H and O–H groups in total. The van der Waals surface area contributed by atoms with Crippen molar-refractivity contribution in [1.29, 1.82) is 0 Å². The minimum atomic E-state index is -5.03. The van der Waals surface area contributed by atoms with Gasteiger partial charge in [-0.05, 0) is 42.0 Å². The molecule has 0 aliphatic rings. The molecular formula is C26H14ClF6N7O. The highest BCUT2D eigenvalue weighted by Crippen LogP contribution is 2.37. The van der Waals surface area contributed by atoms with Crippen LogP contribution in [0, 0.1) is 0 Å². The second kappa shape index (κ2) is 10.7. The van der Waals surface area contributed by atoms with Crippen molar-refractivity contribution in [3.05, 3.63) is 106 Å². The summed E-state index contributed by atoms with van der Waals surface area (Å²) in [7, 11) is 0. The van der Waals surface area contributed by atoms with Gasteiger partial charge < -0.3 is 0 Å². The SMILES string of the molecule is O=C(c1ccccc1Cl)c1ccnnc1-c1nnn(Cc2cc(C(F)(F)F)cc(C(F)(F)F)c2)c1-c1cncnc1. The van der Waals surface area contributed by atoms with Gasteiger partial charge in [-0.25, -0.2) is 14.6 Å². The molecule has 0 saturated heterocycles. The van der Waals surface area contributed by atoms with Gasteiger partial charge in [-0.3, -0.25) is 4.79 Å². The van der Waals surface area contributed by atoms with Crippen LogP contribution >= 0.6 is 11.6 Å². The Morgan fingerprint density at radius 1 is 0.829 bits per heavy atom. The maximum atomic E-state index is 13.5. The van der Waals surface area contributed by atoms with Gasteiger partial charge in [0.15, 0.2) is 5.78 Å². The molecule has 0 fully saturated rings. The minimum Gasteiger partial charge on any atom is -0.288 e. The van der Waals surface area contributed by atoms with E-state index < -0.39 is 35.8 Å². The fourth-order valence-corrected chi connectivity index (χ4v) is 4.28. The molecular weight excluding hydrogens is 576 g/mol. The third-order valence-electron chi connectivity index (χ3n) is 5.86. The van der Waals surface area contributed by atoms with E-state index in [4.69, 9.17) is 11.6 Å². The summed E-state index contributed by atoms with van der Waals surface area (Å²) in [5, 5.41) is 16.1. The zero-order valence-electron chi connectivity index (χ0n) is 20.3. The fraction of sp³-hybridized carbons (Fsp3) is 0.115. The maximum absolute atomic E-state index is 13.5. The second-order valence-electron chi connectivity index (χ2n) is 8.59. The Bertz CT molecular complexity index is 1710. The summed E-state index contributed by atoms with van der Waals surface area (Å²) < 4.78 is 81.8. The number of ketones is 1. The van der Waals surface area contributed by atoms with E-state index in [1.54, 1.807) is 12.1 Å². The first-order chi connectivity index (χ1) is 19.4. The van der Waals surface area contributed by atoms with Crippen LogP contribution in [0.3, 0.4) is 0 Å². The lowest BCUT2D eigenvalue weighted by molar-refractivity contribution is -0.143. The van der Waals surface area contributed by atoms with Gasteiger partial charge in [-0.2, -0.15) is 31.4 Å². The summed E-state index contributed by atoms with van der Waals surface area (Å²) in [6.07, 6.45) is -4.91. The van der Waals surface area contributed by atoms with Gasteiger partial charge >= 0.3 is 12.4 Å². The normalized spacial score (nSPS) is 12.0. The molecule has 0 bridgehead atoms. The Hall–Kier alpha value is -4.72. The van der Waals surface area contributed by atoms with E-state index in [0.29, 0.717) is 12.1 Å². The van der Waals surface area contributed by atoms with Crippen LogP contribution in [0.4, 0.5) is 26.3 Å². The Morgan fingerprint density at radius 2 is 1.49 bits per heavy atom. The van der Waals surface area contributed by atoms with Crippen LogP contribution in [0.15, 0.2) is 73.4 Å². The van der Waals surface area contributed by atoms with Crippen LogP contribution in [0.1, 0.15) is 32.6 Å². The Balaban J connectivity index is 1.67. The molecule has 0 aliphatic heterocycles. The molecule has 0 aliphatic carbocycles. The zero-order chi connectivity index (χ0) is 29.4. The van der Waals surface area contributed by atoms with Crippen molar-refractivity contribution in [3.8, 4) is 22.6 Å². The van der Waals surface area contributed by atoms with E-state index in [0.717, 1.165) is 4.68 Å². The average molecular weight is 590 g/mol. The molecule has 0 radical (unpaired) electrons. The summed E-state index contributed by atoms with van der Waals surface area (Å²) >= 11 is 6.21. The summed E-state index contributed by atoms with van der Waals surface area (Å²) in [6.45, 7) is -0.557. The van der Waals surface area contributed by atoms with E-state index in [-0.39, 0.29) is 50.4 Å². The highest BCUT2D eigenvalue weighted by Gasteiger charge is 2.37. The largest absolute Gasteiger partial charge is 0.416 e. The van der Waals surface area contributed by atoms with E-state index >= 15 is 0 Å². The number of aromatic nitrogens is 7. The van der Waals surface area contributed by atoms with Gasteiger partial charge in [0.2, 0.25) is 0 Å². The quantitative estimate of drug-likeness (QED) is 0.173. The van der Waals surface area contributed by atoms with Gasteiger partial charge in [-0.15, -0.1) is 10.2 Å². The standard InChI is InChI=1S/C26H14ClF6N7O/c27-20-4-2-1-3-18(20)24(41)19-5-6-36-37-21(19)22-23(15-10-34-13-35-11-15)40(39-38-22)12-14-7-16(25(28,29)30)9-17(8-14)26(31,32)33/h1-11,13H,12H2. The molecule has 2 aromatic carbocycles. The molecule has 5 aromatic rings. The van der Waals surface area contributed by atoms with Crippen molar-refractivity contribution in [2.75, 3.05) is 0 Å². The predicted molar refractivity (Wildman–Crippen MR) is 133 cm³/mol. The number of hydrogen-bond donors (Lipinski definition) is 0. The average Bonchev–Trinajstić information content (AvgIpc) is 3.35. The molecule has 5 rings (SSSR count). The highest BCUT2D eigenvalue weighted by atomic mass is 35.5. The van der Waals surface area contributed by atoms with Crippen molar-refractivity contribution < 1.29 is 31.1 Å². The van der Waals surface area contributed by atoms with E-state index in [2.05, 4.69) is 30.5 Å². The predicted octanol–water partition coefficient (Wildman–Crippen LogP) is 6.16. The lowest BCUT2D eigenvalue weighted by Crippen LogP contribution is -2.13. The zero-order valence-corrected chi connectivity index (χ0v) is 21.1. The molecule has 0 atom stereocenters. The first-order valence-electron chi connectivity index (χ1n) is 11.5. The van der Waals surface area contributed by atoms with Gasteiger partial charge in [0.1, 0.15) is 23.4 Å². The molecule has 15 heteroatoms. The number of carbonyl (C=O) groups excluding carboxylic acids is 1. The summed E-state index contributed by atoms with van der Waals surface area (Å²) in [4.78, 5) is 21.3. The summed E-state index contributed by atoms with van der Waals surface area (Å²) in [5.74, 6) is -0.530. The van der Waals surface area contributed by atoms with Crippen LogP contribution in [0.5, 0.6) is 0 Å². The molecule has 0 spiro atoms. The molecule has 0 saturated carbocycles. The number of rotatable bonds is 6. The van der Waals surface area contributed by atoms with Crippen molar-refractivity contribution in [2.45, 2.75) is 18.9 Å². The van der Waals surface area contributed by atoms with Gasteiger partial charge in [0.25, 0.3) is 0 Å². The van der Waals surface area contributed by atoms with Gasteiger partial charge in [-0.1, -0.05) is 28.9 Å². The fourth-order valence-electron chi connectivity index (χ4n) is 4.05. The monoisotopic (exact) mass is 589 g/mol. The highest BCUT2D eigenvalue weighted by molar-refractivity contribution is 6.35. The number of benzene rings is 2. The van der Waals surface area contributed by atoms with Gasteiger partial charge in [0, 0.05) is 23.5 Å².